The topological polar surface area (TPSA) is 3.24 Å². The molecule has 0 fully saturated rings. The van der Waals surface area contributed by atoms with Crippen LogP contribution in [0.15, 0.2) is 54.6 Å². The summed E-state index contributed by atoms with van der Waals surface area (Å²) in [5.41, 5.74) is 12.7. The van der Waals surface area contributed by atoms with E-state index in [4.69, 9.17) is 0 Å². The first kappa shape index (κ1) is 19.4. The first-order valence-electron chi connectivity index (χ1n) is 11.3. The van der Waals surface area contributed by atoms with Gasteiger partial charge >= 0.3 is 0 Å². The number of nitrogens with zero attached hydrogens (tertiary/aromatic N) is 1. The highest BCUT2D eigenvalue weighted by Crippen LogP contribution is 2.55. The lowest BCUT2D eigenvalue weighted by molar-refractivity contribution is 0.617. The number of fused-ring (bicyclic) bond motifs is 5. The molecule has 1 nitrogen and oxygen atoms in total. The molecule has 0 saturated heterocycles. The lowest BCUT2D eigenvalue weighted by atomic mass is 9.71. The molecule has 3 aromatic rings. The molecular formula is C29H33N. The summed E-state index contributed by atoms with van der Waals surface area (Å²) in [6, 6.07) is 21.0. The van der Waals surface area contributed by atoms with Crippen molar-refractivity contribution in [3.8, 4) is 11.1 Å². The zero-order valence-electron chi connectivity index (χ0n) is 19.4. The standard InChI is InChI=1S/C29H33N/c1-18(2)14-19-12-13-26-24(15-19)29(5,6)25-16-21-20-10-8-9-11-22(20)28(3,4)23(21)17-27(25)30(26)7/h8-13,15-18H,14H2,1-7H3. The summed E-state index contributed by atoms with van der Waals surface area (Å²) in [4.78, 5) is 2.41. The highest BCUT2D eigenvalue weighted by Gasteiger charge is 2.41. The summed E-state index contributed by atoms with van der Waals surface area (Å²) in [5, 5.41) is 0. The third-order valence-electron chi connectivity index (χ3n) is 7.47. The zero-order chi connectivity index (χ0) is 21.4. The van der Waals surface area contributed by atoms with Crippen LogP contribution in [0.1, 0.15) is 69.4 Å². The first-order chi connectivity index (χ1) is 14.1. The predicted molar refractivity (Wildman–Crippen MR) is 129 cm³/mol. The second-order valence-corrected chi connectivity index (χ2v) is 10.7. The van der Waals surface area contributed by atoms with Crippen molar-refractivity contribution in [2.24, 2.45) is 5.92 Å². The Labute approximate surface area is 181 Å². The Balaban J connectivity index is 1.74. The molecule has 0 bridgehead atoms. The van der Waals surface area contributed by atoms with Gasteiger partial charge in [0.25, 0.3) is 0 Å². The van der Waals surface area contributed by atoms with Crippen molar-refractivity contribution in [1.82, 2.24) is 0 Å². The Morgan fingerprint density at radius 2 is 1.37 bits per heavy atom. The van der Waals surface area contributed by atoms with E-state index < -0.39 is 0 Å². The summed E-state index contributed by atoms with van der Waals surface area (Å²) >= 11 is 0. The van der Waals surface area contributed by atoms with E-state index in [0.717, 1.165) is 6.42 Å². The molecule has 0 radical (unpaired) electrons. The second kappa shape index (κ2) is 6.23. The molecule has 0 aromatic heterocycles. The fourth-order valence-corrected chi connectivity index (χ4v) is 5.76. The van der Waals surface area contributed by atoms with Gasteiger partial charge in [0.2, 0.25) is 0 Å². The van der Waals surface area contributed by atoms with Gasteiger partial charge in [-0.15, -0.1) is 0 Å². The highest BCUT2D eigenvalue weighted by molar-refractivity contribution is 5.87. The largest absolute Gasteiger partial charge is 0.344 e. The van der Waals surface area contributed by atoms with Crippen molar-refractivity contribution in [3.05, 3.63) is 82.4 Å². The summed E-state index contributed by atoms with van der Waals surface area (Å²) in [7, 11) is 2.23. The SMILES string of the molecule is CC(C)Cc1ccc2c(c1)C(C)(C)c1cc3c(cc1N2C)C(C)(C)c1ccccc1-3. The number of anilines is 2. The van der Waals surface area contributed by atoms with E-state index in [-0.39, 0.29) is 10.8 Å². The molecule has 0 saturated carbocycles. The lowest BCUT2D eigenvalue weighted by Crippen LogP contribution is -2.31. The number of hydrogen-bond donors (Lipinski definition) is 0. The molecule has 1 aliphatic heterocycles. The van der Waals surface area contributed by atoms with E-state index in [2.05, 4.69) is 108 Å². The number of rotatable bonds is 2. The predicted octanol–water partition coefficient (Wildman–Crippen LogP) is 7.60. The van der Waals surface area contributed by atoms with E-state index in [9.17, 15) is 0 Å². The lowest BCUT2D eigenvalue weighted by Gasteiger charge is -2.41. The molecule has 1 heteroatoms. The average Bonchev–Trinajstić information content (AvgIpc) is 2.92. The van der Waals surface area contributed by atoms with Gasteiger partial charge in [0, 0.05) is 29.3 Å². The van der Waals surface area contributed by atoms with Crippen molar-refractivity contribution in [1.29, 1.82) is 0 Å². The van der Waals surface area contributed by atoms with Gasteiger partial charge in [-0.25, -0.2) is 0 Å². The molecule has 2 aliphatic rings. The van der Waals surface area contributed by atoms with Gasteiger partial charge in [0.05, 0.1) is 0 Å². The van der Waals surface area contributed by atoms with E-state index in [1.165, 1.54) is 50.3 Å². The highest BCUT2D eigenvalue weighted by atomic mass is 15.1. The molecule has 3 aromatic carbocycles. The summed E-state index contributed by atoms with van der Waals surface area (Å²) in [6.07, 6.45) is 1.13. The molecule has 1 aliphatic carbocycles. The third kappa shape index (κ3) is 2.54. The fourth-order valence-electron chi connectivity index (χ4n) is 5.76. The Morgan fingerprint density at radius 1 is 0.700 bits per heavy atom. The van der Waals surface area contributed by atoms with Crippen LogP contribution in [0.4, 0.5) is 11.4 Å². The maximum absolute atomic E-state index is 2.49. The van der Waals surface area contributed by atoms with Crippen LogP contribution in [-0.4, -0.2) is 7.05 Å². The zero-order valence-corrected chi connectivity index (χ0v) is 19.4. The molecule has 0 N–H and O–H groups in total. The van der Waals surface area contributed by atoms with Gasteiger partial charge in [0.1, 0.15) is 0 Å². The second-order valence-electron chi connectivity index (χ2n) is 10.7. The smallest absolute Gasteiger partial charge is 0.0453 e. The van der Waals surface area contributed by atoms with Crippen LogP contribution in [0.3, 0.4) is 0 Å². The molecule has 0 atom stereocenters. The maximum Gasteiger partial charge on any atom is 0.0453 e. The molecule has 1 heterocycles. The minimum Gasteiger partial charge on any atom is -0.344 e. The molecular weight excluding hydrogens is 362 g/mol. The molecule has 0 unspecified atom stereocenters. The van der Waals surface area contributed by atoms with Gasteiger partial charge in [-0.2, -0.15) is 0 Å². The van der Waals surface area contributed by atoms with Crippen LogP contribution in [-0.2, 0) is 17.3 Å². The van der Waals surface area contributed by atoms with Crippen LogP contribution in [0.25, 0.3) is 11.1 Å². The number of hydrogen-bond acceptors (Lipinski definition) is 1. The Bertz CT molecular complexity index is 1160. The first-order valence-corrected chi connectivity index (χ1v) is 11.3. The Hall–Kier alpha value is -2.54. The molecule has 154 valence electrons. The van der Waals surface area contributed by atoms with Gasteiger partial charge in [-0.1, -0.05) is 77.9 Å². The van der Waals surface area contributed by atoms with Crippen molar-refractivity contribution in [3.63, 3.8) is 0 Å². The molecule has 0 amide bonds. The van der Waals surface area contributed by atoms with Crippen molar-refractivity contribution in [2.45, 2.75) is 58.8 Å². The van der Waals surface area contributed by atoms with Gasteiger partial charge < -0.3 is 4.90 Å². The molecule has 0 spiro atoms. The quantitative estimate of drug-likeness (QED) is 0.432. The fraction of sp³-hybridized carbons (Fsp3) is 0.379. The van der Waals surface area contributed by atoms with Crippen LogP contribution in [0.5, 0.6) is 0 Å². The van der Waals surface area contributed by atoms with E-state index >= 15 is 0 Å². The Kier molecular flexibility index (Phi) is 4.04. The van der Waals surface area contributed by atoms with E-state index in [0.29, 0.717) is 5.92 Å². The van der Waals surface area contributed by atoms with Crippen LogP contribution >= 0.6 is 0 Å². The van der Waals surface area contributed by atoms with Crippen LogP contribution in [0, 0.1) is 5.92 Å². The van der Waals surface area contributed by atoms with Gasteiger partial charge in [-0.05, 0) is 69.5 Å². The van der Waals surface area contributed by atoms with E-state index in [1.54, 1.807) is 0 Å². The Morgan fingerprint density at radius 3 is 2.10 bits per heavy atom. The number of benzene rings is 3. The van der Waals surface area contributed by atoms with Crippen molar-refractivity contribution < 1.29 is 0 Å². The van der Waals surface area contributed by atoms with Gasteiger partial charge in [0.15, 0.2) is 0 Å². The van der Waals surface area contributed by atoms with E-state index in [1.807, 2.05) is 0 Å². The normalized spacial score (nSPS) is 17.4. The summed E-state index contributed by atoms with van der Waals surface area (Å²) in [5.74, 6) is 0.668. The van der Waals surface area contributed by atoms with Crippen molar-refractivity contribution >= 4 is 11.4 Å². The minimum atomic E-state index is -0.0269. The summed E-state index contributed by atoms with van der Waals surface area (Å²) < 4.78 is 0. The summed E-state index contributed by atoms with van der Waals surface area (Å²) in [6.45, 7) is 14.1. The van der Waals surface area contributed by atoms with Crippen LogP contribution in [0.2, 0.25) is 0 Å². The van der Waals surface area contributed by atoms with Crippen molar-refractivity contribution in [2.75, 3.05) is 11.9 Å². The minimum absolute atomic E-state index is 0.0269. The maximum atomic E-state index is 2.49. The average molecular weight is 396 g/mol. The molecule has 30 heavy (non-hydrogen) atoms. The van der Waals surface area contributed by atoms with Gasteiger partial charge in [-0.3, -0.25) is 0 Å². The third-order valence-corrected chi connectivity index (χ3v) is 7.47. The van der Waals surface area contributed by atoms with Crippen LogP contribution < -0.4 is 4.90 Å². The molecule has 5 rings (SSSR count). The monoisotopic (exact) mass is 395 g/mol.